The van der Waals surface area contributed by atoms with Crippen LogP contribution in [0, 0.1) is 5.41 Å². The summed E-state index contributed by atoms with van der Waals surface area (Å²) in [4.78, 5) is 25.5. The van der Waals surface area contributed by atoms with Crippen molar-refractivity contribution in [2.75, 3.05) is 0 Å². The highest BCUT2D eigenvalue weighted by molar-refractivity contribution is 6.74. The van der Waals surface area contributed by atoms with Crippen molar-refractivity contribution < 1.29 is 28.1 Å². The maximum Gasteiger partial charge on any atom is 0.461 e. The van der Waals surface area contributed by atoms with Crippen LogP contribution in [-0.4, -0.2) is 50.1 Å². The molecular weight excluding hydrogens is 471 g/mol. The van der Waals surface area contributed by atoms with Crippen LogP contribution < -0.4 is 0 Å². The van der Waals surface area contributed by atoms with E-state index in [-0.39, 0.29) is 41.0 Å². The van der Waals surface area contributed by atoms with E-state index in [4.69, 9.17) is 18.5 Å². The van der Waals surface area contributed by atoms with E-state index in [0.29, 0.717) is 6.42 Å². The van der Waals surface area contributed by atoms with Crippen LogP contribution in [0.15, 0.2) is 12.7 Å². The lowest BCUT2D eigenvalue weighted by atomic mass is 9.64. The van der Waals surface area contributed by atoms with Crippen molar-refractivity contribution in [2.24, 2.45) is 5.41 Å². The Morgan fingerprint density at radius 3 is 1.83 bits per heavy atom. The summed E-state index contributed by atoms with van der Waals surface area (Å²) in [7, 11) is -2.73. The Bertz CT molecular complexity index is 788. The zero-order valence-corrected chi connectivity index (χ0v) is 26.6. The summed E-state index contributed by atoms with van der Waals surface area (Å²) in [6.45, 7) is 32.8. The van der Waals surface area contributed by atoms with Gasteiger partial charge in [-0.15, -0.1) is 6.58 Å². The highest BCUT2D eigenvalue weighted by Crippen LogP contribution is 2.46. The summed E-state index contributed by atoms with van der Waals surface area (Å²) >= 11 is 0. The van der Waals surface area contributed by atoms with Crippen molar-refractivity contribution in [2.45, 2.75) is 149 Å². The molecule has 36 heavy (non-hydrogen) atoms. The van der Waals surface area contributed by atoms with Crippen molar-refractivity contribution >= 4 is 27.2 Å². The van der Waals surface area contributed by atoms with E-state index in [1.54, 1.807) is 20.8 Å². The predicted molar refractivity (Wildman–Crippen MR) is 151 cm³/mol. The van der Waals surface area contributed by atoms with Crippen LogP contribution in [0.4, 0.5) is 0 Å². The van der Waals surface area contributed by atoms with Crippen molar-refractivity contribution in [3.05, 3.63) is 12.7 Å². The van der Waals surface area contributed by atoms with Gasteiger partial charge in [0.2, 0.25) is 0 Å². The molecule has 0 aliphatic carbocycles. The number of rotatable bonds is 11. The topological polar surface area (TPSA) is 71.1 Å². The maximum atomic E-state index is 13.1. The van der Waals surface area contributed by atoms with Crippen molar-refractivity contribution in [3.63, 3.8) is 0 Å². The van der Waals surface area contributed by atoms with E-state index in [2.05, 4.69) is 54.3 Å². The number of carbonyl (C=O) groups excluding carboxylic acids is 2. The lowest BCUT2D eigenvalue weighted by Crippen LogP contribution is -2.48. The molecule has 0 aromatic rings. The Morgan fingerprint density at radius 2 is 1.44 bits per heavy atom. The van der Waals surface area contributed by atoms with Gasteiger partial charge in [0.1, 0.15) is 17.8 Å². The Morgan fingerprint density at radius 1 is 0.972 bits per heavy atom. The van der Waals surface area contributed by atoms with Crippen LogP contribution in [0.1, 0.15) is 102 Å². The third-order valence-electron chi connectivity index (χ3n) is 8.02. The van der Waals surface area contributed by atoms with Crippen molar-refractivity contribution in [1.82, 2.24) is 0 Å². The molecule has 1 heterocycles. The van der Waals surface area contributed by atoms with E-state index < -0.39 is 38.2 Å². The largest absolute Gasteiger partial charge is 0.461 e. The summed E-state index contributed by atoms with van der Waals surface area (Å²) in [5.74, 6) is -0.998. The molecule has 0 saturated carbocycles. The third kappa shape index (κ3) is 8.81. The number of ether oxygens (including phenoxy) is 1. The highest BCUT2D eigenvalue weighted by atomic mass is 28.4. The second-order valence-corrected chi connectivity index (χ2v) is 19.3. The first kappa shape index (κ1) is 33.1. The zero-order valence-electron chi connectivity index (χ0n) is 25.6. The zero-order chi connectivity index (χ0) is 28.5. The first-order chi connectivity index (χ1) is 15.8. The maximum absolute atomic E-state index is 13.1. The molecule has 1 saturated heterocycles. The Kier molecular flexibility index (Phi) is 10.1. The normalized spacial score (nSPS) is 20.1. The molecule has 0 unspecified atom stereocenters. The molecule has 1 aliphatic heterocycles. The molecule has 0 amide bonds. The van der Waals surface area contributed by atoms with Gasteiger partial charge in [-0.3, -0.25) is 9.59 Å². The number of Topliss-reactive ketones (excluding diaryl/α,β-unsaturated/α-hetero) is 1. The Balaban J connectivity index is 3.30. The first-order valence-corrected chi connectivity index (χ1v) is 16.1. The molecule has 0 spiro atoms. The van der Waals surface area contributed by atoms with Gasteiger partial charge in [-0.05, 0) is 73.0 Å². The average Bonchev–Trinajstić information content (AvgIpc) is 2.84. The minimum Gasteiger partial charge on any atom is -0.460 e. The molecule has 0 aromatic heterocycles. The Hall–Kier alpha value is -0.958. The van der Waals surface area contributed by atoms with Gasteiger partial charge < -0.3 is 18.5 Å². The minimum absolute atomic E-state index is 0.0227. The van der Waals surface area contributed by atoms with Gasteiger partial charge in [-0.25, -0.2) is 0 Å². The van der Waals surface area contributed by atoms with Gasteiger partial charge in [0.05, 0.1) is 17.3 Å². The molecule has 1 fully saturated rings. The predicted octanol–water partition coefficient (Wildman–Crippen LogP) is 7.13. The number of hydrogen-bond donors (Lipinski definition) is 0. The molecule has 0 N–H and O–H groups in total. The summed E-state index contributed by atoms with van der Waals surface area (Å²) < 4.78 is 25.1. The number of carbonyl (C=O) groups is 2. The lowest BCUT2D eigenvalue weighted by molar-refractivity contribution is -0.156. The van der Waals surface area contributed by atoms with Crippen LogP contribution in [0.25, 0.3) is 0 Å². The van der Waals surface area contributed by atoms with Gasteiger partial charge in [0.25, 0.3) is 0 Å². The van der Waals surface area contributed by atoms with Crippen LogP contribution in [0.3, 0.4) is 0 Å². The SMILES string of the molecule is C=CC(C)(C)[C@H](C[C@H](CC(=O)CC(=O)OC(C)(C)C)B1OC(C)(C)C(C)(C)O1)O[Si](C)(C)C(C)(C)C. The van der Waals surface area contributed by atoms with Crippen LogP contribution in [0.5, 0.6) is 0 Å². The smallest absolute Gasteiger partial charge is 0.460 e. The van der Waals surface area contributed by atoms with E-state index >= 15 is 0 Å². The second-order valence-electron chi connectivity index (χ2n) is 14.5. The van der Waals surface area contributed by atoms with Gasteiger partial charge in [-0.2, -0.15) is 0 Å². The van der Waals surface area contributed by atoms with Crippen molar-refractivity contribution in [1.29, 1.82) is 0 Å². The molecule has 8 heteroatoms. The van der Waals surface area contributed by atoms with Crippen LogP contribution in [-0.2, 0) is 28.1 Å². The molecule has 1 aliphatic rings. The molecule has 208 valence electrons. The van der Waals surface area contributed by atoms with E-state index in [1.165, 1.54) is 0 Å². The summed E-state index contributed by atoms with van der Waals surface area (Å²) in [5.41, 5.74) is -2.05. The lowest BCUT2D eigenvalue weighted by Gasteiger charge is -2.44. The summed E-state index contributed by atoms with van der Waals surface area (Å²) in [6, 6.07) is 0. The van der Waals surface area contributed by atoms with E-state index in [9.17, 15) is 9.59 Å². The molecule has 0 radical (unpaired) electrons. The summed E-state index contributed by atoms with van der Waals surface area (Å²) in [6.07, 6.45) is 2.14. The molecule has 2 atom stereocenters. The molecule has 0 bridgehead atoms. The third-order valence-corrected chi connectivity index (χ3v) is 12.5. The van der Waals surface area contributed by atoms with E-state index in [1.807, 2.05) is 33.8 Å². The number of esters is 1. The first-order valence-electron chi connectivity index (χ1n) is 13.2. The van der Waals surface area contributed by atoms with Crippen LogP contribution >= 0.6 is 0 Å². The molecular formula is C28H53BO6Si. The van der Waals surface area contributed by atoms with Crippen LogP contribution in [0.2, 0.25) is 23.9 Å². The monoisotopic (exact) mass is 524 g/mol. The molecule has 0 aromatic carbocycles. The molecule has 6 nitrogen and oxygen atoms in total. The molecule has 1 rings (SSSR count). The van der Waals surface area contributed by atoms with Gasteiger partial charge >= 0.3 is 13.1 Å². The quantitative estimate of drug-likeness (QED) is 0.124. The standard InChI is InChI=1S/C28H53BO6Si/c1-16-26(8,9)22(33-36(14,15)25(5,6)7)18-20(29-34-27(10,11)28(12,13)35-29)17-21(30)19-23(31)32-24(2,3)4/h16,20,22H,1,17-19H2,2-15H3/t20-,22-/m0/s1. The van der Waals surface area contributed by atoms with Gasteiger partial charge in [-0.1, -0.05) is 40.7 Å². The number of hydrogen-bond acceptors (Lipinski definition) is 6. The summed E-state index contributed by atoms with van der Waals surface area (Å²) in [5, 5.41) is 0.0227. The fraction of sp³-hybridized carbons (Fsp3) is 0.857. The Labute approximate surface area is 222 Å². The fourth-order valence-electron chi connectivity index (χ4n) is 3.72. The minimum atomic E-state index is -2.14. The van der Waals surface area contributed by atoms with Gasteiger partial charge in [0.15, 0.2) is 8.32 Å². The van der Waals surface area contributed by atoms with Gasteiger partial charge in [0, 0.05) is 17.7 Å². The highest BCUT2D eigenvalue weighted by Gasteiger charge is 2.55. The average molecular weight is 525 g/mol. The van der Waals surface area contributed by atoms with E-state index in [0.717, 1.165) is 0 Å². The number of ketones is 1. The van der Waals surface area contributed by atoms with Crippen molar-refractivity contribution in [3.8, 4) is 0 Å². The second kappa shape index (κ2) is 11.0. The fourth-order valence-corrected chi connectivity index (χ4v) is 5.18.